The molecule has 0 radical (unpaired) electrons. The van der Waals surface area contributed by atoms with Crippen molar-refractivity contribution < 1.29 is 9.53 Å². The average molecular weight is 354 g/mol. The summed E-state index contributed by atoms with van der Waals surface area (Å²) in [5.74, 6) is -0.423. The Balaban J connectivity index is 2.14. The summed E-state index contributed by atoms with van der Waals surface area (Å²) in [6.45, 7) is 1.91. The zero-order valence-electron chi connectivity index (χ0n) is 13.2. The van der Waals surface area contributed by atoms with Gasteiger partial charge in [0.1, 0.15) is 17.4 Å². The molecular formula is C17H12ClN5O2. The molecule has 3 aromatic rings. The molecule has 124 valence electrons. The van der Waals surface area contributed by atoms with Crippen LogP contribution in [0.15, 0.2) is 52.8 Å². The molecule has 0 saturated carbocycles. The van der Waals surface area contributed by atoms with E-state index >= 15 is 0 Å². The van der Waals surface area contributed by atoms with Crippen LogP contribution in [0.1, 0.15) is 23.0 Å². The molecule has 0 atom stereocenters. The Bertz CT molecular complexity index is 1020. The Morgan fingerprint density at radius 3 is 2.88 bits per heavy atom. The fraction of sp³-hybridized carbons (Fsp3) is 0.118. The van der Waals surface area contributed by atoms with Crippen LogP contribution >= 0.6 is 11.6 Å². The molecule has 0 unspecified atom stereocenters. The largest absolute Gasteiger partial charge is 0.461 e. The van der Waals surface area contributed by atoms with Gasteiger partial charge in [0.2, 0.25) is 0 Å². The molecule has 1 aromatic carbocycles. The van der Waals surface area contributed by atoms with E-state index in [1.54, 1.807) is 53.9 Å². The molecule has 0 fully saturated rings. The summed E-state index contributed by atoms with van der Waals surface area (Å²) >= 11 is 6.03. The number of benzene rings is 1. The van der Waals surface area contributed by atoms with Gasteiger partial charge < -0.3 is 4.74 Å². The van der Waals surface area contributed by atoms with E-state index in [0.29, 0.717) is 21.9 Å². The van der Waals surface area contributed by atoms with Crippen LogP contribution in [0.3, 0.4) is 0 Å². The molecule has 0 N–H and O–H groups in total. The first kappa shape index (κ1) is 16.6. The van der Waals surface area contributed by atoms with Gasteiger partial charge in [0, 0.05) is 6.20 Å². The summed E-state index contributed by atoms with van der Waals surface area (Å²) in [6.07, 6.45) is 1.58. The number of carbonyl (C=O) groups excluding carboxylic acids is 1. The minimum atomic E-state index is -0.607. The number of hydrogen-bond donors (Lipinski definition) is 0. The van der Waals surface area contributed by atoms with Crippen molar-refractivity contribution >= 4 is 34.7 Å². The molecule has 0 aliphatic carbocycles. The SMILES string of the molecule is CCOC(=O)c1nc2ccc(Cl)cn2c1N=Nc1ccccc1C#N. The van der Waals surface area contributed by atoms with Gasteiger partial charge in [-0.2, -0.15) is 5.26 Å². The van der Waals surface area contributed by atoms with Gasteiger partial charge in [-0.3, -0.25) is 4.40 Å². The van der Waals surface area contributed by atoms with E-state index in [4.69, 9.17) is 21.6 Å². The van der Waals surface area contributed by atoms with E-state index in [-0.39, 0.29) is 18.1 Å². The van der Waals surface area contributed by atoms with Gasteiger partial charge in [-0.25, -0.2) is 9.78 Å². The van der Waals surface area contributed by atoms with Crippen molar-refractivity contribution in [3.8, 4) is 6.07 Å². The van der Waals surface area contributed by atoms with Gasteiger partial charge in [-0.1, -0.05) is 23.7 Å². The van der Waals surface area contributed by atoms with E-state index in [9.17, 15) is 4.79 Å². The molecular weight excluding hydrogens is 342 g/mol. The third-order valence-corrected chi connectivity index (χ3v) is 3.53. The van der Waals surface area contributed by atoms with Gasteiger partial charge >= 0.3 is 5.97 Å². The number of carbonyl (C=O) groups is 1. The van der Waals surface area contributed by atoms with Gasteiger partial charge in [0.25, 0.3) is 0 Å². The summed E-state index contributed by atoms with van der Waals surface area (Å²) in [5, 5.41) is 17.8. The maximum atomic E-state index is 12.2. The van der Waals surface area contributed by atoms with Crippen molar-refractivity contribution in [1.29, 1.82) is 5.26 Å². The lowest BCUT2D eigenvalue weighted by Gasteiger charge is -2.00. The lowest BCUT2D eigenvalue weighted by Crippen LogP contribution is -2.05. The highest BCUT2D eigenvalue weighted by Gasteiger charge is 2.20. The number of hydrogen-bond acceptors (Lipinski definition) is 6. The second kappa shape index (κ2) is 7.11. The standard InChI is InChI=1S/C17H12ClN5O2/c1-2-25-17(24)15-16(23-10-12(18)7-8-14(23)20-15)22-21-13-6-4-3-5-11(13)9-19/h3-8,10H,2H2,1H3. The summed E-state index contributed by atoms with van der Waals surface area (Å²) in [5.41, 5.74) is 1.27. The number of fused-ring (bicyclic) bond motifs is 1. The first-order chi connectivity index (χ1) is 12.1. The first-order valence-corrected chi connectivity index (χ1v) is 7.77. The number of pyridine rings is 1. The molecule has 0 aliphatic rings. The first-order valence-electron chi connectivity index (χ1n) is 7.39. The Kier molecular flexibility index (Phi) is 4.73. The molecule has 2 aromatic heterocycles. The summed E-state index contributed by atoms with van der Waals surface area (Å²) in [7, 11) is 0. The molecule has 0 aliphatic heterocycles. The van der Waals surface area contributed by atoms with Crippen LogP contribution in [0.4, 0.5) is 11.5 Å². The smallest absolute Gasteiger partial charge is 0.360 e. The van der Waals surface area contributed by atoms with E-state index in [0.717, 1.165) is 0 Å². The summed E-state index contributed by atoms with van der Waals surface area (Å²) in [6, 6.07) is 12.1. The minimum Gasteiger partial charge on any atom is -0.461 e. The van der Waals surface area contributed by atoms with E-state index in [1.165, 1.54) is 0 Å². The minimum absolute atomic E-state index is 0.0299. The zero-order chi connectivity index (χ0) is 17.8. The quantitative estimate of drug-likeness (QED) is 0.511. The monoisotopic (exact) mass is 353 g/mol. The van der Waals surface area contributed by atoms with Crippen LogP contribution in [0.25, 0.3) is 5.65 Å². The third kappa shape index (κ3) is 3.34. The highest BCUT2D eigenvalue weighted by atomic mass is 35.5. The van der Waals surface area contributed by atoms with Gasteiger partial charge in [-0.15, -0.1) is 10.2 Å². The zero-order valence-corrected chi connectivity index (χ0v) is 13.9. The highest BCUT2D eigenvalue weighted by Crippen LogP contribution is 2.27. The van der Waals surface area contributed by atoms with Crippen LogP contribution in [0, 0.1) is 11.3 Å². The topological polar surface area (TPSA) is 92.1 Å². The number of nitrogens with zero attached hydrogens (tertiary/aromatic N) is 5. The summed E-state index contributed by atoms with van der Waals surface area (Å²) in [4.78, 5) is 16.4. The molecule has 0 spiro atoms. The second-order valence-electron chi connectivity index (χ2n) is 4.91. The summed E-state index contributed by atoms with van der Waals surface area (Å²) < 4.78 is 6.57. The molecule has 7 nitrogen and oxygen atoms in total. The Morgan fingerprint density at radius 1 is 1.32 bits per heavy atom. The molecule has 2 heterocycles. The predicted molar refractivity (Wildman–Crippen MR) is 91.5 cm³/mol. The third-order valence-electron chi connectivity index (χ3n) is 3.30. The van der Waals surface area contributed by atoms with Crippen LogP contribution in [-0.2, 0) is 4.74 Å². The molecule has 25 heavy (non-hydrogen) atoms. The van der Waals surface area contributed by atoms with E-state index < -0.39 is 5.97 Å². The average Bonchev–Trinajstić information content (AvgIpc) is 2.98. The number of imidazole rings is 1. The van der Waals surface area contributed by atoms with Crippen molar-refractivity contribution in [2.45, 2.75) is 6.92 Å². The molecule has 0 bridgehead atoms. The predicted octanol–water partition coefficient (Wildman–Crippen LogP) is 4.45. The van der Waals surface area contributed by atoms with E-state index in [1.807, 2.05) is 6.07 Å². The number of azo groups is 1. The highest BCUT2D eigenvalue weighted by molar-refractivity contribution is 6.30. The van der Waals surface area contributed by atoms with Crippen LogP contribution in [0.2, 0.25) is 5.02 Å². The molecule has 0 saturated heterocycles. The van der Waals surface area contributed by atoms with Gasteiger partial charge in [-0.05, 0) is 31.2 Å². The number of halogens is 1. The van der Waals surface area contributed by atoms with Crippen molar-refractivity contribution in [1.82, 2.24) is 9.38 Å². The lowest BCUT2D eigenvalue weighted by atomic mass is 10.2. The molecule has 0 amide bonds. The number of ether oxygens (including phenoxy) is 1. The fourth-order valence-electron chi connectivity index (χ4n) is 2.19. The number of nitriles is 1. The van der Waals surface area contributed by atoms with Crippen molar-refractivity contribution in [2.24, 2.45) is 10.2 Å². The Morgan fingerprint density at radius 2 is 2.12 bits per heavy atom. The van der Waals surface area contributed by atoms with Gasteiger partial charge in [0.05, 0.1) is 17.2 Å². The normalized spacial score (nSPS) is 10.9. The number of esters is 1. The fourth-order valence-corrected chi connectivity index (χ4v) is 2.36. The van der Waals surface area contributed by atoms with Crippen molar-refractivity contribution in [2.75, 3.05) is 6.61 Å². The Hall–Kier alpha value is -3.24. The number of aromatic nitrogens is 2. The van der Waals surface area contributed by atoms with Crippen LogP contribution < -0.4 is 0 Å². The second-order valence-corrected chi connectivity index (χ2v) is 5.35. The Labute approximate surface area is 148 Å². The maximum Gasteiger partial charge on any atom is 0.360 e. The van der Waals surface area contributed by atoms with Crippen molar-refractivity contribution in [3.05, 3.63) is 58.9 Å². The maximum absolute atomic E-state index is 12.2. The molecule has 8 heteroatoms. The number of rotatable bonds is 4. The van der Waals surface area contributed by atoms with Crippen molar-refractivity contribution in [3.63, 3.8) is 0 Å². The van der Waals surface area contributed by atoms with Crippen LogP contribution in [-0.4, -0.2) is 22.0 Å². The van der Waals surface area contributed by atoms with E-state index in [2.05, 4.69) is 15.2 Å². The lowest BCUT2D eigenvalue weighted by molar-refractivity contribution is 0.0521. The van der Waals surface area contributed by atoms with Gasteiger partial charge in [0.15, 0.2) is 11.5 Å². The molecule has 3 rings (SSSR count). The van der Waals surface area contributed by atoms with Crippen LogP contribution in [0.5, 0.6) is 0 Å².